The molecule has 3 amide bonds. The maximum absolute atomic E-state index is 13.3. The zero-order chi connectivity index (χ0) is 28.1. The van der Waals surface area contributed by atoms with Crippen LogP contribution in [0.1, 0.15) is 39.6 Å². The number of likely N-dealkylation sites (tertiary alicyclic amines) is 1. The first-order chi connectivity index (χ1) is 19.4. The van der Waals surface area contributed by atoms with E-state index in [0.29, 0.717) is 54.6 Å². The molecule has 0 radical (unpaired) electrons. The van der Waals surface area contributed by atoms with Crippen molar-refractivity contribution in [2.24, 2.45) is 0 Å². The van der Waals surface area contributed by atoms with Crippen molar-refractivity contribution in [1.29, 1.82) is 0 Å². The third-order valence-corrected chi connectivity index (χ3v) is 6.86. The van der Waals surface area contributed by atoms with E-state index in [1.807, 2.05) is 31.2 Å². The summed E-state index contributed by atoms with van der Waals surface area (Å²) in [6.07, 6.45) is 3.35. The van der Waals surface area contributed by atoms with Gasteiger partial charge in [0.1, 0.15) is 17.2 Å². The molecule has 1 fully saturated rings. The highest BCUT2D eigenvalue weighted by molar-refractivity contribution is 5.97. The molecule has 208 valence electrons. The molecule has 40 heavy (non-hydrogen) atoms. The zero-order valence-electron chi connectivity index (χ0n) is 22.5. The summed E-state index contributed by atoms with van der Waals surface area (Å²) in [5.41, 5.74) is 1.71. The molecule has 1 aromatic heterocycles. The van der Waals surface area contributed by atoms with E-state index in [1.165, 1.54) is 11.1 Å². The van der Waals surface area contributed by atoms with Crippen LogP contribution in [0.5, 0.6) is 17.2 Å². The minimum absolute atomic E-state index is 0.157. The number of benzene rings is 2. The number of hydrogen-bond acceptors (Lipinski definition) is 7. The maximum Gasteiger partial charge on any atom is 0.255 e. The Labute approximate surface area is 232 Å². The topological polar surface area (TPSA) is 110 Å². The van der Waals surface area contributed by atoms with Crippen LogP contribution in [0.25, 0.3) is 0 Å². The quantitative estimate of drug-likeness (QED) is 0.539. The van der Waals surface area contributed by atoms with Gasteiger partial charge >= 0.3 is 0 Å². The smallest absolute Gasteiger partial charge is 0.255 e. The second-order valence-corrected chi connectivity index (χ2v) is 9.84. The number of carbonyl (C=O) groups excluding carboxylic acids is 3. The van der Waals surface area contributed by atoms with Gasteiger partial charge in [-0.3, -0.25) is 19.4 Å². The van der Waals surface area contributed by atoms with Crippen molar-refractivity contribution in [2.45, 2.75) is 32.1 Å². The van der Waals surface area contributed by atoms with E-state index in [4.69, 9.17) is 14.2 Å². The third-order valence-electron chi connectivity index (χ3n) is 6.86. The van der Waals surface area contributed by atoms with E-state index in [2.05, 4.69) is 10.3 Å². The molecule has 0 unspecified atom stereocenters. The van der Waals surface area contributed by atoms with Crippen LogP contribution < -0.4 is 14.8 Å². The number of nitrogens with zero attached hydrogens (tertiary/aromatic N) is 3. The molecule has 5 rings (SSSR count). The first-order valence-electron chi connectivity index (χ1n) is 13.3. The lowest BCUT2D eigenvalue weighted by molar-refractivity contribution is -0.124. The number of ether oxygens (including phenoxy) is 3. The lowest BCUT2D eigenvalue weighted by atomic mass is 10.0. The van der Waals surface area contributed by atoms with Crippen molar-refractivity contribution >= 4 is 17.7 Å². The van der Waals surface area contributed by atoms with E-state index < -0.39 is 6.04 Å². The van der Waals surface area contributed by atoms with Crippen molar-refractivity contribution in [3.05, 3.63) is 83.7 Å². The van der Waals surface area contributed by atoms with Crippen molar-refractivity contribution in [3.8, 4) is 17.2 Å². The normalized spacial score (nSPS) is 19.8. The highest BCUT2D eigenvalue weighted by Crippen LogP contribution is 2.29. The third kappa shape index (κ3) is 6.40. The molecule has 10 nitrogen and oxygen atoms in total. The standard InChI is InChI=1S/C30H32N4O6/c1-3-38-24-13-22-14-25(15-24)40-23-8-4-6-20(12-23)19-39-27-9-11-34(30(37)21-7-5-10-31-16-21)17-26(27)32-28(35)18-33(2)29(22)36/h4-8,10,12-16,26-27H,3,9,11,17-19H2,1-2H3,(H,32,35)/t26-,27+/m1/s1. The molecule has 10 heteroatoms. The molecule has 0 spiro atoms. The monoisotopic (exact) mass is 544 g/mol. The number of piperidine rings is 1. The summed E-state index contributed by atoms with van der Waals surface area (Å²) in [6, 6.07) is 15.5. The molecule has 0 saturated carbocycles. The van der Waals surface area contributed by atoms with Gasteiger partial charge in [-0.25, -0.2) is 0 Å². The van der Waals surface area contributed by atoms with Gasteiger partial charge in [0.2, 0.25) is 5.91 Å². The van der Waals surface area contributed by atoms with Gasteiger partial charge in [0.05, 0.1) is 37.5 Å². The van der Waals surface area contributed by atoms with Crippen LogP contribution in [-0.4, -0.2) is 77.9 Å². The van der Waals surface area contributed by atoms with E-state index in [1.54, 1.807) is 48.5 Å². The number of aromatic nitrogens is 1. The molecule has 0 aliphatic carbocycles. The second-order valence-electron chi connectivity index (χ2n) is 9.84. The van der Waals surface area contributed by atoms with Gasteiger partial charge in [0.15, 0.2) is 0 Å². The molecule has 2 atom stereocenters. The zero-order valence-corrected chi connectivity index (χ0v) is 22.5. The highest BCUT2D eigenvalue weighted by Gasteiger charge is 2.34. The van der Waals surface area contributed by atoms with Crippen LogP contribution in [0.15, 0.2) is 67.0 Å². The van der Waals surface area contributed by atoms with Gasteiger partial charge in [-0.2, -0.15) is 0 Å². The number of likely N-dealkylation sites (N-methyl/N-ethyl adjacent to an activating group) is 1. The predicted octanol–water partition coefficient (Wildman–Crippen LogP) is 3.27. The van der Waals surface area contributed by atoms with Gasteiger partial charge in [0.25, 0.3) is 11.8 Å². The Morgan fingerprint density at radius 3 is 2.80 bits per heavy atom. The van der Waals surface area contributed by atoms with Gasteiger partial charge in [-0.15, -0.1) is 0 Å². The van der Waals surface area contributed by atoms with Crippen molar-refractivity contribution in [3.63, 3.8) is 0 Å². The Kier molecular flexibility index (Phi) is 8.26. The van der Waals surface area contributed by atoms with Crippen molar-refractivity contribution in [2.75, 3.05) is 33.3 Å². The van der Waals surface area contributed by atoms with Gasteiger partial charge < -0.3 is 29.3 Å². The van der Waals surface area contributed by atoms with Crippen LogP contribution in [0.4, 0.5) is 0 Å². The number of fused-ring (bicyclic) bond motifs is 5. The number of nitrogens with one attached hydrogen (secondary N) is 1. The second kappa shape index (κ2) is 12.2. The summed E-state index contributed by atoms with van der Waals surface area (Å²) in [5, 5.41) is 3.02. The highest BCUT2D eigenvalue weighted by atomic mass is 16.5. The van der Waals surface area contributed by atoms with Crippen LogP contribution in [0.2, 0.25) is 0 Å². The molecule has 1 N–H and O–H groups in total. The summed E-state index contributed by atoms with van der Waals surface area (Å²) in [6.45, 7) is 3.15. The minimum Gasteiger partial charge on any atom is -0.494 e. The SMILES string of the molecule is CCOc1cc2cc(c1)C(=O)N(C)CC(=O)N[C@@H]1CN(C(=O)c3cccnc3)CC[C@@H]1OCc1cccc(c1)O2. The maximum atomic E-state index is 13.3. The number of hydrogen-bond donors (Lipinski definition) is 1. The summed E-state index contributed by atoms with van der Waals surface area (Å²) >= 11 is 0. The van der Waals surface area contributed by atoms with E-state index >= 15 is 0 Å². The van der Waals surface area contributed by atoms with Gasteiger partial charge in [0, 0.05) is 44.2 Å². The van der Waals surface area contributed by atoms with E-state index in [0.717, 1.165) is 5.56 Å². The Hall–Kier alpha value is -4.44. The first kappa shape index (κ1) is 27.1. The summed E-state index contributed by atoms with van der Waals surface area (Å²) in [5.74, 6) is 0.669. The summed E-state index contributed by atoms with van der Waals surface area (Å²) < 4.78 is 18.1. The lowest BCUT2D eigenvalue weighted by Gasteiger charge is -2.39. The Bertz CT molecular complexity index is 1380. The lowest BCUT2D eigenvalue weighted by Crippen LogP contribution is -2.58. The average Bonchev–Trinajstić information content (AvgIpc) is 2.96. The summed E-state index contributed by atoms with van der Waals surface area (Å²) in [4.78, 5) is 46.7. The molecule has 2 aliphatic heterocycles. The van der Waals surface area contributed by atoms with Gasteiger partial charge in [-0.05, 0) is 55.3 Å². The fourth-order valence-corrected chi connectivity index (χ4v) is 4.93. The van der Waals surface area contributed by atoms with E-state index in [-0.39, 0.29) is 36.9 Å². The van der Waals surface area contributed by atoms with E-state index in [9.17, 15) is 14.4 Å². The molecule has 3 heterocycles. The molecular formula is C30H32N4O6. The molecule has 4 bridgehead atoms. The van der Waals surface area contributed by atoms with Crippen LogP contribution in [-0.2, 0) is 16.1 Å². The largest absolute Gasteiger partial charge is 0.494 e. The molecular weight excluding hydrogens is 512 g/mol. The molecule has 1 saturated heterocycles. The predicted molar refractivity (Wildman–Crippen MR) is 146 cm³/mol. The van der Waals surface area contributed by atoms with Crippen LogP contribution in [0, 0.1) is 0 Å². The van der Waals surface area contributed by atoms with Gasteiger partial charge in [-0.1, -0.05) is 12.1 Å². The first-order valence-corrected chi connectivity index (χ1v) is 13.3. The van der Waals surface area contributed by atoms with Crippen molar-refractivity contribution in [1.82, 2.24) is 20.1 Å². The fraction of sp³-hybridized carbons (Fsp3) is 0.333. The van der Waals surface area contributed by atoms with Crippen molar-refractivity contribution < 1.29 is 28.6 Å². The van der Waals surface area contributed by atoms with Crippen LogP contribution in [0.3, 0.4) is 0 Å². The molecule has 2 aliphatic rings. The number of pyridine rings is 1. The Morgan fingerprint density at radius 1 is 1.12 bits per heavy atom. The minimum atomic E-state index is -0.467. The Balaban J connectivity index is 1.42. The number of carbonyl (C=O) groups is 3. The van der Waals surface area contributed by atoms with Crippen LogP contribution >= 0.6 is 0 Å². The summed E-state index contributed by atoms with van der Waals surface area (Å²) in [7, 11) is 1.56. The fourth-order valence-electron chi connectivity index (χ4n) is 4.93. The Morgan fingerprint density at radius 2 is 2.00 bits per heavy atom. The molecule has 2 aromatic carbocycles. The number of rotatable bonds is 3. The number of amides is 3. The molecule has 3 aromatic rings. The average molecular weight is 545 g/mol.